The van der Waals surface area contributed by atoms with Crippen LogP contribution < -0.4 is 5.32 Å². The maximum absolute atomic E-state index is 6.00. The van der Waals surface area contributed by atoms with Gasteiger partial charge in [0, 0.05) is 24.6 Å². The summed E-state index contributed by atoms with van der Waals surface area (Å²) in [6, 6.07) is 0.740. The van der Waals surface area contributed by atoms with Gasteiger partial charge in [0.05, 0.1) is 6.10 Å². The van der Waals surface area contributed by atoms with Gasteiger partial charge in [-0.25, -0.2) is 0 Å². The predicted molar refractivity (Wildman–Crippen MR) is 79.3 cm³/mol. The maximum Gasteiger partial charge on any atom is 0.0661 e. The monoisotopic (exact) mass is 265 g/mol. The minimum absolute atomic E-state index is 0.505. The maximum atomic E-state index is 6.00. The second-order valence-electron chi connectivity index (χ2n) is 7.57. The van der Waals surface area contributed by atoms with Gasteiger partial charge in [-0.1, -0.05) is 32.6 Å². The number of nitrogens with one attached hydrogen (secondary N) is 1. The fraction of sp³-hybridized carbons (Fsp3) is 1.00. The number of hydrogen-bond donors (Lipinski definition) is 1. The Kier molecular flexibility index (Phi) is 3.92. The molecule has 1 spiro atoms. The zero-order valence-electron chi connectivity index (χ0n) is 12.8. The Morgan fingerprint density at radius 2 is 1.68 bits per heavy atom. The van der Waals surface area contributed by atoms with Gasteiger partial charge in [0.25, 0.3) is 0 Å². The van der Waals surface area contributed by atoms with Crippen LogP contribution in [0.5, 0.6) is 0 Å². The van der Waals surface area contributed by atoms with Gasteiger partial charge in [0.2, 0.25) is 0 Å². The Hall–Kier alpha value is -0.0800. The molecule has 2 atom stereocenters. The Bertz CT molecular complexity index is 302. The van der Waals surface area contributed by atoms with Gasteiger partial charge in [0.15, 0.2) is 0 Å². The van der Waals surface area contributed by atoms with Gasteiger partial charge >= 0.3 is 0 Å². The molecule has 2 nitrogen and oxygen atoms in total. The van der Waals surface area contributed by atoms with Crippen LogP contribution in [0.25, 0.3) is 0 Å². The molecule has 0 heterocycles. The molecule has 0 aliphatic heterocycles. The smallest absolute Gasteiger partial charge is 0.0661 e. The third-order valence-electron chi connectivity index (χ3n) is 6.27. The average Bonchev–Trinajstić information content (AvgIpc) is 3.03. The van der Waals surface area contributed by atoms with Gasteiger partial charge in [0.1, 0.15) is 0 Å². The second-order valence-corrected chi connectivity index (χ2v) is 7.57. The first-order valence-corrected chi connectivity index (χ1v) is 8.54. The highest BCUT2D eigenvalue weighted by Gasteiger charge is 2.56. The van der Waals surface area contributed by atoms with Crippen molar-refractivity contribution in [3.63, 3.8) is 0 Å². The van der Waals surface area contributed by atoms with Crippen LogP contribution in [0.4, 0.5) is 0 Å². The summed E-state index contributed by atoms with van der Waals surface area (Å²) in [5.74, 6) is 0. The lowest BCUT2D eigenvalue weighted by Gasteiger charge is -2.55. The van der Waals surface area contributed by atoms with E-state index in [9.17, 15) is 0 Å². The molecular formula is C17H31NO. The van der Waals surface area contributed by atoms with Crippen LogP contribution in [0.1, 0.15) is 71.6 Å². The molecule has 110 valence electrons. The molecule has 3 aliphatic rings. The van der Waals surface area contributed by atoms with Crippen molar-refractivity contribution in [2.75, 3.05) is 13.2 Å². The van der Waals surface area contributed by atoms with Gasteiger partial charge in [-0.3, -0.25) is 0 Å². The van der Waals surface area contributed by atoms with Crippen molar-refractivity contribution in [3.05, 3.63) is 0 Å². The molecule has 1 N–H and O–H groups in total. The molecule has 3 rings (SSSR count). The Labute approximate surface area is 118 Å². The lowest BCUT2D eigenvalue weighted by Crippen LogP contribution is -2.63. The van der Waals surface area contributed by atoms with Crippen LogP contribution >= 0.6 is 0 Å². The molecule has 3 aliphatic carbocycles. The van der Waals surface area contributed by atoms with Crippen molar-refractivity contribution in [2.45, 2.75) is 83.8 Å². The van der Waals surface area contributed by atoms with Crippen molar-refractivity contribution in [1.29, 1.82) is 0 Å². The van der Waals surface area contributed by atoms with E-state index in [1.807, 2.05) is 0 Å². The summed E-state index contributed by atoms with van der Waals surface area (Å²) in [6.07, 6.45) is 13.2. The van der Waals surface area contributed by atoms with E-state index in [2.05, 4.69) is 19.2 Å². The number of hydrogen-bond acceptors (Lipinski definition) is 2. The van der Waals surface area contributed by atoms with Crippen LogP contribution in [-0.2, 0) is 4.74 Å². The van der Waals surface area contributed by atoms with E-state index in [-0.39, 0.29) is 0 Å². The predicted octanol–water partition coefficient (Wildman–Crippen LogP) is 3.89. The minimum Gasteiger partial charge on any atom is -0.378 e. The van der Waals surface area contributed by atoms with Crippen LogP contribution in [0.2, 0.25) is 0 Å². The molecule has 2 heteroatoms. The lowest BCUT2D eigenvalue weighted by molar-refractivity contribution is -0.131. The van der Waals surface area contributed by atoms with E-state index in [0.717, 1.165) is 12.6 Å². The Morgan fingerprint density at radius 1 is 1.05 bits per heavy atom. The fourth-order valence-corrected chi connectivity index (χ4v) is 4.95. The molecule has 0 saturated heterocycles. The highest BCUT2D eigenvalue weighted by molar-refractivity contribution is 5.10. The van der Waals surface area contributed by atoms with E-state index >= 15 is 0 Å². The molecule has 0 aromatic carbocycles. The van der Waals surface area contributed by atoms with Crippen molar-refractivity contribution in [3.8, 4) is 0 Å². The normalized spacial score (nSPS) is 35.7. The van der Waals surface area contributed by atoms with Crippen LogP contribution in [0.15, 0.2) is 0 Å². The quantitative estimate of drug-likeness (QED) is 0.814. The first-order valence-electron chi connectivity index (χ1n) is 8.54. The standard InChI is InChI=1S/C17H31NO/c1-3-19-15-12-14(17(15)10-6-7-11-17)18-13-16(2)8-4-5-9-16/h14-15,18H,3-13H2,1-2H3. The van der Waals surface area contributed by atoms with E-state index in [1.54, 1.807) is 0 Å². The Morgan fingerprint density at radius 3 is 2.32 bits per heavy atom. The largest absolute Gasteiger partial charge is 0.378 e. The summed E-state index contributed by atoms with van der Waals surface area (Å²) in [5, 5.41) is 3.94. The first kappa shape index (κ1) is 13.9. The topological polar surface area (TPSA) is 21.3 Å². The lowest BCUT2D eigenvalue weighted by atomic mass is 9.60. The van der Waals surface area contributed by atoms with Gasteiger partial charge in [-0.05, 0) is 44.4 Å². The number of rotatable bonds is 5. The third kappa shape index (κ3) is 2.47. The van der Waals surface area contributed by atoms with E-state index < -0.39 is 0 Å². The van der Waals surface area contributed by atoms with E-state index in [4.69, 9.17) is 4.74 Å². The third-order valence-corrected chi connectivity index (χ3v) is 6.27. The SMILES string of the molecule is CCOC1CC(NCC2(C)CCCC2)C12CCCC2. The zero-order valence-corrected chi connectivity index (χ0v) is 12.8. The molecule has 19 heavy (non-hydrogen) atoms. The minimum atomic E-state index is 0.505. The molecule has 0 radical (unpaired) electrons. The molecule has 2 unspecified atom stereocenters. The van der Waals surface area contributed by atoms with Crippen molar-refractivity contribution in [2.24, 2.45) is 10.8 Å². The van der Waals surface area contributed by atoms with Gasteiger partial charge < -0.3 is 10.1 Å². The van der Waals surface area contributed by atoms with Gasteiger partial charge in [-0.2, -0.15) is 0 Å². The number of ether oxygens (including phenoxy) is 1. The molecule has 0 aromatic rings. The zero-order chi connectivity index (χ0) is 13.3. The first-order chi connectivity index (χ1) is 9.19. The van der Waals surface area contributed by atoms with Crippen molar-refractivity contribution in [1.82, 2.24) is 5.32 Å². The second kappa shape index (κ2) is 5.37. The summed E-state index contributed by atoms with van der Waals surface area (Å²) in [6.45, 7) is 6.74. The van der Waals surface area contributed by atoms with Crippen molar-refractivity contribution >= 4 is 0 Å². The molecule has 3 fully saturated rings. The van der Waals surface area contributed by atoms with Crippen LogP contribution in [0, 0.1) is 10.8 Å². The Balaban J connectivity index is 1.56. The average molecular weight is 265 g/mol. The van der Waals surface area contributed by atoms with Crippen molar-refractivity contribution < 1.29 is 4.74 Å². The highest BCUT2D eigenvalue weighted by Crippen LogP contribution is 2.55. The fourth-order valence-electron chi connectivity index (χ4n) is 4.95. The summed E-state index contributed by atoms with van der Waals surface area (Å²) in [4.78, 5) is 0. The molecule has 0 bridgehead atoms. The molecule has 0 aromatic heterocycles. The molecular weight excluding hydrogens is 234 g/mol. The van der Waals surface area contributed by atoms with Crippen LogP contribution in [0.3, 0.4) is 0 Å². The van der Waals surface area contributed by atoms with E-state index in [1.165, 1.54) is 64.3 Å². The molecule has 3 saturated carbocycles. The molecule has 0 amide bonds. The summed E-state index contributed by atoms with van der Waals surface area (Å²) >= 11 is 0. The van der Waals surface area contributed by atoms with Crippen LogP contribution in [-0.4, -0.2) is 25.3 Å². The van der Waals surface area contributed by atoms with E-state index in [0.29, 0.717) is 16.9 Å². The van der Waals surface area contributed by atoms with Gasteiger partial charge in [-0.15, -0.1) is 0 Å². The highest BCUT2D eigenvalue weighted by atomic mass is 16.5. The summed E-state index contributed by atoms with van der Waals surface area (Å²) in [5.41, 5.74) is 1.08. The summed E-state index contributed by atoms with van der Waals surface area (Å²) < 4.78 is 6.00. The summed E-state index contributed by atoms with van der Waals surface area (Å²) in [7, 11) is 0.